The fourth-order valence-electron chi connectivity index (χ4n) is 4.79. The lowest BCUT2D eigenvalue weighted by molar-refractivity contribution is -0.147. The zero-order valence-electron chi connectivity index (χ0n) is 20.2. The Hall–Kier alpha value is -3.56. The Balaban J connectivity index is 1.72. The molecule has 2 aromatic rings. The van der Waals surface area contributed by atoms with E-state index in [4.69, 9.17) is 8.83 Å². The fraction of sp³-hybridized carbons (Fsp3) is 0.520. The molecule has 0 aromatic carbocycles. The van der Waals surface area contributed by atoms with Crippen molar-refractivity contribution in [3.63, 3.8) is 0 Å². The number of nitrogens with one attached hydrogen (secondary N) is 2. The van der Waals surface area contributed by atoms with E-state index >= 15 is 0 Å². The Morgan fingerprint density at radius 3 is 2.20 bits per heavy atom. The first-order valence-electron chi connectivity index (χ1n) is 12.0. The van der Waals surface area contributed by atoms with Gasteiger partial charge in [0.1, 0.15) is 24.2 Å². The zero-order valence-corrected chi connectivity index (χ0v) is 20.2. The van der Waals surface area contributed by atoms with Crippen LogP contribution in [0.4, 0.5) is 0 Å². The van der Waals surface area contributed by atoms with E-state index in [1.165, 1.54) is 34.9 Å². The summed E-state index contributed by atoms with van der Waals surface area (Å²) < 4.78 is 10.3. The molecule has 0 aliphatic carbocycles. The molecule has 0 spiro atoms. The fourth-order valence-corrected chi connectivity index (χ4v) is 4.79. The molecule has 2 saturated heterocycles. The van der Waals surface area contributed by atoms with Crippen LogP contribution in [0.1, 0.15) is 37.8 Å². The lowest BCUT2D eigenvalue weighted by Gasteiger charge is -2.36. The molecule has 4 atom stereocenters. The molecule has 35 heavy (non-hydrogen) atoms. The third-order valence-corrected chi connectivity index (χ3v) is 6.83. The van der Waals surface area contributed by atoms with Crippen LogP contribution in [-0.4, -0.2) is 71.2 Å². The highest BCUT2D eigenvalue weighted by Crippen LogP contribution is 2.22. The van der Waals surface area contributed by atoms with Gasteiger partial charge in [-0.15, -0.1) is 0 Å². The number of likely N-dealkylation sites (N-methyl/N-ethyl adjacent to an activating group) is 1. The summed E-state index contributed by atoms with van der Waals surface area (Å²) in [5.41, 5.74) is 1.48. The molecule has 188 valence electrons. The second-order valence-electron chi connectivity index (χ2n) is 9.62. The molecule has 0 radical (unpaired) electrons. The molecular weight excluding hydrogens is 452 g/mol. The van der Waals surface area contributed by atoms with Crippen LogP contribution in [0, 0.1) is 5.92 Å². The van der Waals surface area contributed by atoms with Gasteiger partial charge in [-0.2, -0.15) is 0 Å². The average Bonchev–Trinajstić information content (AvgIpc) is 3.60. The summed E-state index contributed by atoms with van der Waals surface area (Å²) in [5.74, 6) is -1.70. The summed E-state index contributed by atoms with van der Waals surface area (Å²) in [6.07, 6.45) is 7.62. The lowest BCUT2D eigenvalue weighted by Crippen LogP contribution is -2.62. The van der Waals surface area contributed by atoms with Crippen molar-refractivity contribution in [3.05, 3.63) is 48.3 Å². The first-order chi connectivity index (χ1) is 16.8. The Morgan fingerprint density at radius 1 is 0.943 bits per heavy atom. The maximum absolute atomic E-state index is 13.7. The van der Waals surface area contributed by atoms with Gasteiger partial charge in [-0.3, -0.25) is 19.2 Å². The number of carbonyl (C=O) groups excluding carboxylic acids is 4. The van der Waals surface area contributed by atoms with Crippen LogP contribution < -0.4 is 10.6 Å². The van der Waals surface area contributed by atoms with Crippen LogP contribution in [0.2, 0.25) is 0 Å². The summed E-state index contributed by atoms with van der Waals surface area (Å²) in [5, 5.41) is 5.75. The molecule has 10 nitrogen and oxygen atoms in total. The molecule has 2 N–H and O–H groups in total. The molecule has 10 heteroatoms. The van der Waals surface area contributed by atoms with E-state index in [-0.39, 0.29) is 36.5 Å². The van der Waals surface area contributed by atoms with Crippen LogP contribution in [-0.2, 0) is 32.0 Å². The van der Waals surface area contributed by atoms with Crippen LogP contribution in [0.5, 0.6) is 0 Å². The van der Waals surface area contributed by atoms with Crippen LogP contribution in [0.15, 0.2) is 46.0 Å². The minimum absolute atomic E-state index is 0.197. The van der Waals surface area contributed by atoms with Gasteiger partial charge in [0.05, 0.1) is 25.1 Å². The molecule has 2 fully saturated rings. The van der Waals surface area contributed by atoms with Gasteiger partial charge in [0.15, 0.2) is 0 Å². The molecule has 2 aliphatic rings. The van der Waals surface area contributed by atoms with Gasteiger partial charge in [-0.05, 0) is 42.0 Å². The quantitative estimate of drug-likeness (QED) is 0.655. The van der Waals surface area contributed by atoms with Crippen molar-refractivity contribution in [1.29, 1.82) is 0 Å². The SMILES string of the molecule is CC(C)[C@@H]1NC(=O)[C@@H]2CCCN2C(=O)[C@H](Cc2ccoc2)NC(=O)[C@H](Cc2ccoc2)N(C)C1=O. The molecule has 4 rings (SSSR count). The molecule has 4 heterocycles. The summed E-state index contributed by atoms with van der Waals surface area (Å²) in [6.45, 7) is 4.09. The van der Waals surface area contributed by atoms with Crippen molar-refractivity contribution >= 4 is 23.6 Å². The first-order valence-corrected chi connectivity index (χ1v) is 12.0. The van der Waals surface area contributed by atoms with Crippen LogP contribution in [0.25, 0.3) is 0 Å². The van der Waals surface area contributed by atoms with Gasteiger partial charge in [-0.1, -0.05) is 13.8 Å². The van der Waals surface area contributed by atoms with E-state index in [1.807, 2.05) is 13.8 Å². The van der Waals surface area contributed by atoms with E-state index in [2.05, 4.69) is 10.6 Å². The molecule has 0 bridgehead atoms. The number of fused-ring (bicyclic) bond motifs is 1. The van der Waals surface area contributed by atoms with Gasteiger partial charge in [0, 0.05) is 26.4 Å². The minimum Gasteiger partial charge on any atom is -0.472 e. The van der Waals surface area contributed by atoms with Gasteiger partial charge < -0.3 is 29.3 Å². The monoisotopic (exact) mass is 484 g/mol. The molecular formula is C25H32N4O6. The van der Waals surface area contributed by atoms with Crippen molar-refractivity contribution in [2.75, 3.05) is 13.6 Å². The number of carbonyl (C=O) groups is 4. The van der Waals surface area contributed by atoms with Crippen molar-refractivity contribution in [2.45, 2.75) is 63.7 Å². The van der Waals surface area contributed by atoms with Gasteiger partial charge >= 0.3 is 0 Å². The number of rotatable bonds is 5. The molecule has 4 amide bonds. The summed E-state index contributed by atoms with van der Waals surface area (Å²) >= 11 is 0. The van der Waals surface area contributed by atoms with Crippen molar-refractivity contribution in [3.8, 4) is 0 Å². The standard InChI is InChI=1S/C25H32N4O6/c1-15(2)21-25(33)28(3)20(12-17-7-10-35-14-17)23(31)26-18(11-16-6-9-34-13-16)24(32)29-8-4-5-19(29)22(30)27-21/h6-7,9-10,13-15,18-21H,4-5,8,11-12H2,1-3H3,(H,26,31)(H,27,30)/t18-,19-,20-,21-/m0/s1. The van der Waals surface area contributed by atoms with Gasteiger partial charge in [-0.25, -0.2) is 0 Å². The minimum atomic E-state index is -0.913. The smallest absolute Gasteiger partial charge is 0.246 e. The van der Waals surface area contributed by atoms with Crippen LogP contribution in [0.3, 0.4) is 0 Å². The predicted molar refractivity (Wildman–Crippen MR) is 125 cm³/mol. The van der Waals surface area contributed by atoms with E-state index in [0.717, 1.165) is 11.1 Å². The van der Waals surface area contributed by atoms with Crippen LogP contribution >= 0.6 is 0 Å². The molecule has 0 unspecified atom stereocenters. The molecule has 0 saturated carbocycles. The number of hydrogen-bond donors (Lipinski definition) is 2. The number of furan rings is 2. The predicted octanol–water partition coefficient (Wildman–Crippen LogP) is 1.12. The van der Waals surface area contributed by atoms with Crippen molar-refractivity contribution < 1.29 is 28.0 Å². The number of nitrogens with zero attached hydrogens (tertiary/aromatic N) is 2. The topological polar surface area (TPSA) is 125 Å². The van der Waals surface area contributed by atoms with Crippen molar-refractivity contribution in [1.82, 2.24) is 20.4 Å². The Labute approximate surface area is 204 Å². The summed E-state index contributed by atoms with van der Waals surface area (Å²) in [7, 11) is 1.55. The maximum atomic E-state index is 13.7. The normalized spacial score (nSPS) is 26.3. The third-order valence-electron chi connectivity index (χ3n) is 6.83. The summed E-state index contributed by atoms with van der Waals surface area (Å²) in [6, 6.07) is 0.121. The van der Waals surface area contributed by atoms with E-state index in [0.29, 0.717) is 19.4 Å². The number of amides is 4. The first kappa shape index (κ1) is 24.6. The average molecular weight is 485 g/mol. The number of hydrogen-bond acceptors (Lipinski definition) is 6. The summed E-state index contributed by atoms with van der Waals surface area (Å²) in [4.78, 5) is 57.0. The second-order valence-corrected chi connectivity index (χ2v) is 9.62. The maximum Gasteiger partial charge on any atom is 0.246 e. The Bertz CT molecular complexity index is 1050. The Kier molecular flexibility index (Phi) is 7.28. The third kappa shape index (κ3) is 5.26. The highest BCUT2D eigenvalue weighted by atomic mass is 16.3. The van der Waals surface area contributed by atoms with Gasteiger partial charge in [0.2, 0.25) is 23.6 Å². The van der Waals surface area contributed by atoms with Gasteiger partial charge in [0.25, 0.3) is 0 Å². The Morgan fingerprint density at radius 2 is 1.60 bits per heavy atom. The van der Waals surface area contributed by atoms with E-state index in [1.54, 1.807) is 19.2 Å². The second kappa shape index (κ2) is 10.4. The van der Waals surface area contributed by atoms with Crippen molar-refractivity contribution in [2.24, 2.45) is 5.92 Å². The molecule has 2 aliphatic heterocycles. The van der Waals surface area contributed by atoms with E-state index < -0.39 is 30.1 Å². The zero-order chi connectivity index (χ0) is 25.1. The largest absolute Gasteiger partial charge is 0.472 e. The van der Waals surface area contributed by atoms with E-state index in [9.17, 15) is 19.2 Å². The molecule has 2 aromatic heterocycles. The highest BCUT2D eigenvalue weighted by Gasteiger charge is 2.42. The highest BCUT2D eigenvalue weighted by molar-refractivity contribution is 5.98. The lowest BCUT2D eigenvalue weighted by atomic mass is 9.98.